The Morgan fingerprint density at radius 2 is 1.62 bits per heavy atom. The van der Waals surface area contributed by atoms with E-state index < -0.39 is 10.0 Å². The Morgan fingerprint density at radius 1 is 1.00 bits per heavy atom. The molecule has 0 spiro atoms. The summed E-state index contributed by atoms with van der Waals surface area (Å²) < 4.78 is 28.6. The van der Waals surface area contributed by atoms with Crippen molar-refractivity contribution in [3.63, 3.8) is 0 Å². The number of carbonyl (C=O) groups excluding carboxylic acids is 1. The van der Waals surface area contributed by atoms with Crippen molar-refractivity contribution in [3.8, 4) is 21.6 Å². The number of nitrogens with zero attached hydrogens (tertiary/aromatic N) is 3. The molecule has 0 saturated heterocycles. The second-order valence-electron chi connectivity index (χ2n) is 7.30. The van der Waals surface area contributed by atoms with Crippen molar-refractivity contribution in [2.45, 2.75) is 11.8 Å². The lowest BCUT2D eigenvalue weighted by Gasteiger charge is -2.14. The molecule has 0 bridgehead atoms. The molecule has 168 valence electrons. The minimum Gasteiger partial charge on any atom is -0.368 e. The van der Waals surface area contributed by atoms with Gasteiger partial charge in [-0.3, -0.25) is 9.63 Å². The predicted molar refractivity (Wildman–Crippen MR) is 128 cm³/mol. The molecule has 1 amide bonds. The summed E-state index contributed by atoms with van der Waals surface area (Å²) in [5.74, 6) is -0.273. The molecule has 0 N–H and O–H groups in total. The predicted octanol–water partition coefficient (Wildman–Crippen LogP) is 4.30. The summed E-state index contributed by atoms with van der Waals surface area (Å²) in [5.41, 5.74) is 3.44. The second-order valence-corrected chi connectivity index (χ2v) is 9.95. The highest BCUT2D eigenvalue weighted by molar-refractivity contribution is 7.90. The summed E-state index contributed by atoms with van der Waals surface area (Å²) in [6.07, 6.45) is 1.25. The van der Waals surface area contributed by atoms with Gasteiger partial charge in [0.05, 0.1) is 12.0 Å². The largest absolute Gasteiger partial charge is 0.368 e. The maximum atomic E-state index is 13.0. The lowest BCUT2D eigenvalue weighted by atomic mass is 9.99. The van der Waals surface area contributed by atoms with Gasteiger partial charge in [0.2, 0.25) is 0 Å². The molecule has 0 aliphatic rings. The van der Waals surface area contributed by atoms with E-state index in [-0.39, 0.29) is 10.8 Å². The molecule has 1 aromatic heterocycles. The van der Waals surface area contributed by atoms with Crippen molar-refractivity contribution in [2.75, 3.05) is 28.3 Å². The topological polar surface area (TPSA) is 79.3 Å². The van der Waals surface area contributed by atoms with Gasteiger partial charge in [0.25, 0.3) is 15.9 Å². The van der Waals surface area contributed by atoms with Gasteiger partial charge in [-0.15, -0.1) is 15.7 Å². The fourth-order valence-electron chi connectivity index (χ4n) is 3.11. The Balaban J connectivity index is 2.12. The first-order chi connectivity index (χ1) is 15.2. The van der Waals surface area contributed by atoms with Crippen LogP contribution in [0, 0.1) is 6.92 Å². The number of rotatable bonds is 7. The zero-order valence-corrected chi connectivity index (χ0v) is 20.2. The molecule has 0 aliphatic heterocycles. The Bertz CT molecular complexity index is 1230. The fourth-order valence-corrected chi connectivity index (χ4v) is 5.33. The van der Waals surface area contributed by atoms with Gasteiger partial charge in [0, 0.05) is 31.6 Å². The standard InChI is InChI=1S/C23H25N3O4S2/c1-16-20(17-11-13-19(14-12-17)32(28,29)24-15-25(2)3)22(23(27)26(4)30-5)31-21(16)18-9-7-6-8-10-18/h6-15H,1-5H3. The van der Waals surface area contributed by atoms with Crippen molar-refractivity contribution in [1.82, 2.24) is 9.96 Å². The molecule has 0 atom stereocenters. The van der Waals surface area contributed by atoms with Crippen LogP contribution >= 0.6 is 11.3 Å². The van der Waals surface area contributed by atoms with E-state index in [2.05, 4.69) is 4.40 Å². The zero-order chi connectivity index (χ0) is 23.5. The van der Waals surface area contributed by atoms with Crippen LogP contribution < -0.4 is 0 Å². The number of thiophene rings is 1. The van der Waals surface area contributed by atoms with E-state index in [1.807, 2.05) is 37.3 Å². The van der Waals surface area contributed by atoms with E-state index in [1.165, 1.54) is 42.0 Å². The van der Waals surface area contributed by atoms with Gasteiger partial charge in [0.1, 0.15) is 11.2 Å². The van der Waals surface area contributed by atoms with E-state index in [4.69, 9.17) is 4.84 Å². The van der Waals surface area contributed by atoms with E-state index in [1.54, 1.807) is 38.2 Å². The van der Waals surface area contributed by atoms with Crippen LogP contribution in [-0.4, -0.2) is 58.9 Å². The van der Waals surface area contributed by atoms with E-state index >= 15 is 0 Å². The summed E-state index contributed by atoms with van der Waals surface area (Å²) in [5, 5.41) is 1.18. The second kappa shape index (κ2) is 9.64. The molecule has 32 heavy (non-hydrogen) atoms. The van der Waals surface area contributed by atoms with Gasteiger partial charge in [0.15, 0.2) is 0 Å². The number of benzene rings is 2. The number of sulfonamides is 1. The van der Waals surface area contributed by atoms with Crippen LogP contribution in [0.2, 0.25) is 0 Å². The maximum absolute atomic E-state index is 13.0. The summed E-state index contributed by atoms with van der Waals surface area (Å²) in [6, 6.07) is 16.2. The summed E-state index contributed by atoms with van der Waals surface area (Å²) in [4.78, 5) is 21.3. The Kier molecular flexibility index (Phi) is 7.12. The van der Waals surface area contributed by atoms with Crippen molar-refractivity contribution >= 4 is 33.6 Å². The van der Waals surface area contributed by atoms with Crippen molar-refractivity contribution in [3.05, 3.63) is 65.0 Å². The summed E-state index contributed by atoms with van der Waals surface area (Å²) in [7, 11) is 2.57. The van der Waals surface area contributed by atoms with Crippen molar-refractivity contribution in [2.24, 2.45) is 4.40 Å². The first-order valence-electron chi connectivity index (χ1n) is 9.74. The average molecular weight is 472 g/mol. The van der Waals surface area contributed by atoms with E-state index in [0.29, 0.717) is 4.88 Å². The minimum absolute atomic E-state index is 0.0809. The number of hydroxylamine groups is 2. The lowest BCUT2D eigenvalue weighted by molar-refractivity contribution is -0.0753. The molecule has 0 radical (unpaired) electrons. The molecular formula is C23H25N3O4S2. The Labute approximate surface area is 192 Å². The fraction of sp³-hybridized carbons (Fsp3) is 0.217. The monoisotopic (exact) mass is 471 g/mol. The quantitative estimate of drug-likeness (QED) is 0.292. The van der Waals surface area contributed by atoms with Crippen LogP contribution in [0.15, 0.2) is 63.9 Å². The summed E-state index contributed by atoms with van der Waals surface area (Å²) >= 11 is 1.39. The van der Waals surface area contributed by atoms with Crippen LogP contribution in [0.25, 0.3) is 21.6 Å². The molecule has 7 nitrogen and oxygen atoms in total. The molecule has 0 fully saturated rings. The normalized spacial score (nSPS) is 11.7. The highest BCUT2D eigenvalue weighted by Gasteiger charge is 2.25. The van der Waals surface area contributed by atoms with Gasteiger partial charge in [-0.25, -0.2) is 5.06 Å². The van der Waals surface area contributed by atoms with Gasteiger partial charge < -0.3 is 4.90 Å². The minimum atomic E-state index is -3.81. The van der Waals surface area contributed by atoms with E-state index in [9.17, 15) is 13.2 Å². The third-order valence-electron chi connectivity index (χ3n) is 4.79. The molecule has 0 aliphatic carbocycles. The lowest BCUT2D eigenvalue weighted by Crippen LogP contribution is -2.25. The zero-order valence-electron chi connectivity index (χ0n) is 18.6. The number of carbonyl (C=O) groups is 1. The SMILES string of the molecule is CON(C)C(=O)c1sc(-c2ccccc2)c(C)c1-c1ccc(S(=O)(=O)N=CN(C)C)cc1. The number of hydrogen-bond donors (Lipinski definition) is 0. The van der Waals surface area contributed by atoms with Crippen LogP contribution in [0.5, 0.6) is 0 Å². The molecule has 0 unspecified atom stereocenters. The van der Waals surface area contributed by atoms with Crippen LogP contribution in [0.4, 0.5) is 0 Å². The van der Waals surface area contributed by atoms with Crippen LogP contribution in [-0.2, 0) is 14.9 Å². The molecule has 3 rings (SSSR count). The number of hydrogen-bond acceptors (Lipinski definition) is 5. The highest BCUT2D eigenvalue weighted by atomic mass is 32.2. The third kappa shape index (κ3) is 4.90. The van der Waals surface area contributed by atoms with Gasteiger partial charge >= 0.3 is 0 Å². The van der Waals surface area contributed by atoms with Crippen molar-refractivity contribution in [1.29, 1.82) is 0 Å². The van der Waals surface area contributed by atoms with Gasteiger partial charge in [-0.05, 0) is 35.7 Å². The van der Waals surface area contributed by atoms with Gasteiger partial charge in [-0.2, -0.15) is 8.42 Å². The number of amides is 1. The molecular weight excluding hydrogens is 446 g/mol. The Morgan fingerprint density at radius 3 is 2.19 bits per heavy atom. The van der Waals surface area contributed by atoms with Gasteiger partial charge in [-0.1, -0.05) is 42.5 Å². The first-order valence-corrected chi connectivity index (χ1v) is 12.0. The smallest absolute Gasteiger partial charge is 0.287 e. The highest BCUT2D eigenvalue weighted by Crippen LogP contribution is 2.42. The summed E-state index contributed by atoms with van der Waals surface area (Å²) in [6.45, 7) is 1.96. The van der Waals surface area contributed by atoms with E-state index in [0.717, 1.165) is 27.1 Å². The molecule has 3 aromatic rings. The molecule has 0 saturated carbocycles. The average Bonchev–Trinajstić information content (AvgIpc) is 3.14. The first kappa shape index (κ1) is 23.6. The molecule has 1 heterocycles. The van der Waals surface area contributed by atoms with Crippen LogP contribution in [0.1, 0.15) is 15.2 Å². The third-order valence-corrected chi connectivity index (χ3v) is 7.36. The van der Waals surface area contributed by atoms with Crippen LogP contribution in [0.3, 0.4) is 0 Å². The molecule has 2 aromatic carbocycles. The molecule has 9 heteroatoms. The Hall–Kier alpha value is -3.01. The maximum Gasteiger partial charge on any atom is 0.287 e. The van der Waals surface area contributed by atoms with Crippen molar-refractivity contribution < 1.29 is 18.0 Å².